The van der Waals surface area contributed by atoms with Crippen LogP contribution in [0.15, 0.2) is 24.3 Å². The summed E-state index contributed by atoms with van der Waals surface area (Å²) in [5, 5.41) is 12.6. The molecule has 2 heteroatoms. The molecular formula is C14H21NO. The number of rotatable bonds is 4. The maximum atomic E-state index is 8.95. The number of hydrogen-bond donors (Lipinski definition) is 2. The summed E-state index contributed by atoms with van der Waals surface area (Å²) in [5.74, 6) is 0. The van der Waals surface area contributed by atoms with Crippen LogP contribution in [0.2, 0.25) is 0 Å². The summed E-state index contributed by atoms with van der Waals surface area (Å²) in [4.78, 5) is 0. The molecule has 1 aromatic rings. The highest BCUT2D eigenvalue weighted by atomic mass is 16.3. The van der Waals surface area contributed by atoms with Crippen LogP contribution in [-0.4, -0.2) is 11.1 Å². The minimum atomic E-state index is 0.135. The fourth-order valence-corrected chi connectivity index (χ4v) is 2.33. The first kappa shape index (κ1) is 11.6. The van der Waals surface area contributed by atoms with Crippen molar-refractivity contribution in [3.8, 4) is 0 Å². The fourth-order valence-electron chi connectivity index (χ4n) is 2.33. The molecule has 1 fully saturated rings. The molecule has 1 saturated carbocycles. The van der Waals surface area contributed by atoms with Gasteiger partial charge in [-0.25, -0.2) is 0 Å². The fraction of sp³-hybridized carbons (Fsp3) is 0.571. The summed E-state index contributed by atoms with van der Waals surface area (Å²) >= 11 is 0. The van der Waals surface area contributed by atoms with E-state index >= 15 is 0 Å². The predicted molar refractivity (Wildman–Crippen MR) is 66.1 cm³/mol. The van der Waals surface area contributed by atoms with Crippen molar-refractivity contribution in [2.24, 2.45) is 0 Å². The van der Waals surface area contributed by atoms with Crippen LogP contribution in [0.3, 0.4) is 0 Å². The maximum absolute atomic E-state index is 8.95. The molecule has 0 bridgehead atoms. The molecule has 16 heavy (non-hydrogen) atoms. The first-order chi connectivity index (χ1) is 7.88. The van der Waals surface area contributed by atoms with E-state index in [-0.39, 0.29) is 6.61 Å². The van der Waals surface area contributed by atoms with Crippen molar-refractivity contribution in [1.29, 1.82) is 0 Å². The van der Waals surface area contributed by atoms with Crippen LogP contribution in [-0.2, 0) is 13.2 Å². The Balaban J connectivity index is 1.79. The van der Waals surface area contributed by atoms with E-state index in [0.29, 0.717) is 6.04 Å². The first-order valence-corrected chi connectivity index (χ1v) is 6.30. The van der Waals surface area contributed by atoms with E-state index in [4.69, 9.17) is 5.11 Å². The molecule has 0 amide bonds. The van der Waals surface area contributed by atoms with Gasteiger partial charge in [0.15, 0.2) is 0 Å². The van der Waals surface area contributed by atoms with Crippen LogP contribution in [0.1, 0.15) is 43.2 Å². The van der Waals surface area contributed by atoms with Crippen molar-refractivity contribution < 1.29 is 5.11 Å². The molecule has 0 aliphatic heterocycles. The molecule has 0 radical (unpaired) electrons. The van der Waals surface area contributed by atoms with Gasteiger partial charge in [0.2, 0.25) is 0 Å². The highest BCUT2D eigenvalue weighted by Crippen LogP contribution is 2.17. The molecule has 88 valence electrons. The molecule has 1 aromatic carbocycles. The van der Waals surface area contributed by atoms with Gasteiger partial charge < -0.3 is 10.4 Å². The van der Waals surface area contributed by atoms with Gasteiger partial charge in [0.05, 0.1) is 6.61 Å². The number of hydrogen-bond acceptors (Lipinski definition) is 2. The average molecular weight is 219 g/mol. The van der Waals surface area contributed by atoms with Crippen LogP contribution in [0.5, 0.6) is 0 Å². The third-order valence-electron chi connectivity index (χ3n) is 3.41. The van der Waals surface area contributed by atoms with Crippen LogP contribution in [0.4, 0.5) is 0 Å². The Morgan fingerprint density at radius 1 is 1.00 bits per heavy atom. The molecule has 0 aromatic heterocycles. The van der Waals surface area contributed by atoms with Crippen molar-refractivity contribution in [2.45, 2.75) is 51.3 Å². The molecule has 0 saturated heterocycles. The summed E-state index contributed by atoms with van der Waals surface area (Å²) in [7, 11) is 0. The highest BCUT2D eigenvalue weighted by molar-refractivity contribution is 5.21. The van der Waals surface area contributed by atoms with Gasteiger partial charge >= 0.3 is 0 Å². The van der Waals surface area contributed by atoms with Crippen molar-refractivity contribution in [3.05, 3.63) is 35.4 Å². The zero-order valence-electron chi connectivity index (χ0n) is 9.78. The molecule has 0 atom stereocenters. The highest BCUT2D eigenvalue weighted by Gasteiger charge is 2.11. The molecule has 0 unspecified atom stereocenters. The number of aliphatic hydroxyl groups is 1. The predicted octanol–water partition coefficient (Wildman–Crippen LogP) is 2.60. The topological polar surface area (TPSA) is 32.3 Å². The van der Waals surface area contributed by atoms with E-state index in [1.54, 1.807) is 0 Å². The van der Waals surface area contributed by atoms with Gasteiger partial charge in [-0.3, -0.25) is 0 Å². The van der Waals surface area contributed by atoms with Gasteiger partial charge in [-0.1, -0.05) is 43.5 Å². The molecule has 2 N–H and O–H groups in total. The van der Waals surface area contributed by atoms with Crippen LogP contribution in [0, 0.1) is 0 Å². The standard InChI is InChI=1S/C14H21NO/c16-11-13-8-6-12(7-9-13)10-15-14-4-2-1-3-5-14/h6-9,14-16H,1-5,10-11H2. The lowest BCUT2D eigenvalue weighted by Gasteiger charge is -2.22. The van der Waals surface area contributed by atoms with E-state index in [1.165, 1.54) is 37.7 Å². The third kappa shape index (κ3) is 3.32. The Hall–Kier alpha value is -0.860. The van der Waals surface area contributed by atoms with Crippen molar-refractivity contribution >= 4 is 0 Å². The second kappa shape index (κ2) is 6.02. The quantitative estimate of drug-likeness (QED) is 0.816. The second-order valence-electron chi connectivity index (χ2n) is 4.69. The van der Waals surface area contributed by atoms with Crippen LogP contribution >= 0.6 is 0 Å². The summed E-state index contributed by atoms with van der Waals surface area (Å²) < 4.78 is 0. The van der Waals surface area contributed by atoms with E-state index in [2.05, 4.69) is 17.4 Å². The number of benzene rings is 1. The Bertz CT molecular complexity index is 301. The zero-order chi connectivity index (χ0) is 11.2. The van der Waals surface area contributed by atoms with E-state index < -0.39 is 0 Å². The number of aliphatic hydroxyl groups excluding tert-OH is 1. The Morgan fingerprint density at radius 3 is 2.25 bits per heavy atom. The Labute approximate surface area is 97.7 Å². The first-order valence-electron chi connectivity index (χ1n) is 6.30. The largest absolute Gasteiger partial charge is 0.392 e. The van der Waals surface area contributed by atoms with Crippen molar-refractivity contribution in [2.75, 3.05) is 0 Å². The van der Waals surface area contributed by atoms with E-state index in [9.17, 15) is 0 Å². The van der Waals surface area contributed by atoms with Gasteiger partial charge in [0.25, 0.3) is 0 Å². The van der Waals surface area contributed by atoms with Crippen LogP contribution in [0.25, 0.3) is 0 Å². The van der Waals surface area contributed by atoms with Gasteiger partial charge in [0.1, 0.15) is 0 Å². The van der Waals surface area contributed by atoms with Gasteiger partial charge in [-0.05, 0) is 24.0 Å². The summed E-state index contributed by atoms with van der Waals surface area (Å²) in [6.07, 6.45) is 6.81. The monoisotopic (exact) mass is 219 g/mol. The van der Waals surface area contributed by atoms with Crippen LogP contribution < -0.4 is 5.32 Å². The zero-order valence-corrected chi connectivity index (χ0v) is 9.78. The van der Waals surface area contributed by atoms with Crippen molar-refractivity contribution in [3.63, 3.8) is 0 Å². The molecule has 1 aliphatic rings. The van der Waals surface area contributed by atoms with Gasteiger partial charge in [-0.15, -0.1) is 0 Å². The van der Waals surface area contributed by atoms with Crippen molar-refractivity contribution in [1.82, 2.24) is 5.32 Å². The summed E-state index contributed by atoms with van der Waals surface area (Å²) in [6.45, 7) is 1.09. The molecule has 2 nitrogen and oxygen atoms in total. The normalized spacial score (nSPS) is 17.6. The SMILES string of the molecule is OCc1ccc(CNC2CCCCC2)cc1. The third-order valence-corrected chi connectivity index (χ3v) is 3.41. The molecular weight excluding hydrogens is 198 g/mol. The van der Waals surface area contributed by atoms with E-state index in [1.807, 2.05) is 12.1 Å². The summed E-state index contributed by atoms with van der Waals surface area (Å²) in [6, 6.07) is 8.91. The minimum Gasteiger partial charge on any atom is -0.392 e. The summed E-state index contributed by atoms with van der Waals surface area (Å²) in [5.41, 5.74) is 2.30. The number of nitrogens with one attached hydrogen (secondary N) is 1. The maximum Gasteiger partial charge on any atom is 0.0681 e. The van der Waals surface area contributed by atoms with Gasteiger partial charge in [-0.2, -0.15) is 0 Å². The minimum absolute atomic E-state index is 0.135. The van der Waals surface area contributed by atoms with E-state index in [0.717, 1.165) is 12.1 Å². The average Bonchev–Trinajstić information content (AvgIpc) is 2.38. The Kier molecular flexibility index (Phi) is 4.37. The van der Waals surface area contributed by atoms with Gasteiger partial charge in [0, 0.05) is 12.6 Å². The molecule has 2 rings (SSSR count). The molecule has 1 aliphatic carbocycles. The molecule has 0 spiro atoms. The molecule has 0 heterocycles. The Morgan fingerprint density at radius 2 is 1.62 bits per heavy atom. The lowest BCUT2D eigenvalue weighted by Crippen LogP contribution is -2.30. The second-order valence-corrected chi connectivity index (χ2v) is 4.69. The lowest BCUT2D eigenvalue weighted by atomic mass is 9.95. The smallest absolute Gasteiger partial charge is 0.0681 e. The lowest BCUT2D eigenvalue weighted by molar-refractivity contribution is 0.282.